The third-order valence-electron chi connectivity index (χ3n) is 2.93. The van der Waals surface area contributed by atoms with Gasteiger partial charge in [0.25, 0.3) is 5.91 Å². The number of fused-ring (bicyclic) bond motifs is 1. The Labute approximate surface area is 105 Å². The van der Waals surface area contributed by atoms with Crippen LogP contribution in [0.5, 0.6) is 5.75 Å². The predicted octanol–water partition coefficient (Wildman–Crippen LogP) is 1.95. The fourth-order valence-electron chi connectivity index (χ4n) is 2.02. The summed E-state index contributed by atoms with van der Waals surface area (Å²) < 4.78 is 5.52. The Kier molecular flexibility index (Phi) is 2.68. The lowest BCUT2D eigenvalue weighted by atomic mass is 10.1. The molecule has 1 aliphatic rings. The Morgan fingerprint density at radius 1 is 1.28 bits per heavy atom. The summed E-state index contributed by atoms with van der Waals surface area (Å²) in [5.74, 6) is 0.711. The fourth-order valence-corrected chi connectivity index (χ4v) is 2.02. The molecule has 2 heterocycles. The summed E-state index contributed by atoms with van der Waals surface area (Å²) in [6.45, 7) is 0.478. The summed E-state index contributed by atoms with van der Waals surface area (Å²) in [6.07, 6.45) is 3.20. The molecule has 1 aromatic carbocycles. The molecule has 4 heteroatoms. The van der Waals surface area contributed by atoms with Crippen LogP contribution in [-0.2, 0) is 0 Å². The van der Waals surface area contributed by atoms with Crippen molar-refractivity contribution >= 4 is 5.91 Å². The zero-order valence-electron chi connectivity index (χ0n) is 9.67. The third kappa shape index (κ3) is 1.93. The van der Waals surface area contributed by atoms with Crippen molar-refractivity contribution in [2.75, 3.05) is 6.61 Å². The number of nitrogens with one attached hydrogen (secondary N) is 1. The molecule has 0 aliphatic carbocycles. The van der Waals surface area contributed by atoms with Crippen molar-refractivity contribution in [3.05, 3.63) is 59.9 Å². The van der Waals surface area contributed by atoms with Crippen LogP contribution in [0.2, 0.25) is 0 Å². The summed E-state index contributed by atoms with van der Waals surface area (Å²) in [5.41, 5.74) is 1.58. The second-order valence-electron chi connectivity index (χ2n) is 4.12. The molecule has 1 unspecified atom stereocenters. The molecule has 18 heavy (non-hydrogen) atoms. The summed E-state index contributed by atoms with van der Waals surface area (Å²) in [7, 11) is 0. The number of pyridine rings is 1. The highest BCUT2D eigenvalue weighted by Crippen LogP contribution is 2.31. The molecule has 0 radical (unpaired) electrons. The van der Waals surface area contributed by atoms with Crippen LogP contribution in [0.3, 0.4) is 0 Å². The van der Waals surface area contributed by atoms with Crippen LogP contribution in [0.1, 0.15) is 22.0 Å². The first-order chi connectivity index (χ1) is 8.84. The van der Waals surface area contributed by atoms with Crippen LogP contribution in [0.4, 0.5) is 0 Å². The molecular weight excluding hydrogens is 228 g/mol. The number of hydrogen-bond donors (Lipinski definition) is 1. The highest BCUT2D eigenvalue weighted by molar-refractivity contribution is 5.94. The fraction of sp³-hybridized carbons (Fsp3) is 0.143. The van der Waals surface area contributed by atoms with Gasteiger partial charge in [-0.3, -0.25) is 9.78 Å². The monoisotopic (exact) mass is 240 g/mol. The van der Waals surface area contributed by atoms with E-state index in [0.29, 0.717) is 12.2 Å². The largest absolute Gasteiger partial charge is 0.491 e. The first kappa shape index (κ1) is 10.8. The van der Waals surface area contributed by atoms with Crippen LogP contribution in [0.25, 0.3) is 0 Å². The molecule has 1 aromatic heterocycles. The van der Waals surface area contributed by atoms with Crippen molar-refractivity contribution in [3.8, 4) is 5.75 Å². The van der Waals surface area contributed by atoms with Gasteiger partial charge in [-0.05, 0) is 18.2 Å². The SMILES string of the molecule is O=C(NC1COc2ccccc21)c1cccnc1. The minimum atomic E-state index is -0.131. The predicted molar refractivity (Wildman–Crippen MR) is 66.4 cm³/mol. The van der Waals surface area contributed by atoms with Gasteiger partial charge >= 0.3 is 0 Å². The molecule has 1 N–H and O–H groups in total. The molecule has 1 amide bonds. The number of rotatable bonds is 2. The number of amides is 1. The lowest BCUT2D eigenvalue weighted by Gasteiger charge is -2.11. The van der Waals surface area contributed by atoms with E-state index in [-0.39, 0.29) is 11.9 Å². The van der Waals surface area contributed by atoms with E-state index in [1.54, 1.807) is 24.5 Å². The first-order valence-electron chi connectivity index (χ1n) is 5.77. The number of carbonyl (C=O) groups is 1. The molecule has 4 nitrogen and oxygen atoms in total. The van der Waals surface area contributed by atoms with Gasteiger partial charge in [0.15, 0.2) is 0 Å². The van der Waals surface area contributed by atoms with Crippen LogP contribution < -0.4 is 10.1 Å². The summed E-state index contributed by atoms with van der Waals surface area (Å²) >= 11 is 0. The van der Waals surface area contributed by atoms with E-state index in [0.717, 1.165) is 11.3 Å². The van der Waals surface area contributed by atoms with Crippen molar-refractivity contribution < 1.29 is 9.53 Å². The molecule has 0 fully saturated rings. The Morgan fingerprint density at radius 2 is 2.17 bits per heavy atom. The van der Waals surface area contributed by atoms with Gasteiger partial charge in [-0.1, -0.05) is 18.2 Å². The average molecular weight is 240 g/mol. The van der Waals surface area contributed by atoms with Crippen molar-refractivity contribution in [1.29, 1.82) is 0 Å². The second kappa shape index (κ2) is 4.49. The topological polar surface area (TPSA) is 51.2 Å². The van der Waals surface area contributed by atoms with Crippen molar-refractivity contribution in [1.82, 2.24) is 10.3 Å². The Bertz CT molecular complexity index is 569. The van der Waals surface area contributed by atoms with Gasteiger partial charge in [-0.15, -0.1) is 0 Å². The highest BCUT2D eigenvalue weighted by atomic mass is 16.5. The third-order valence-corrected chi connectivity index (χ3v) is 2.93. The van der Waals surface area contributed by atoms with E-state index in [4.69, 9.17) is 4.74 Å². The van der Waals surface area contributed by atoms with E-state index in [1.807, 2.05) is 24.3 Å². The van der Waals surface area contributed by atoms with Crippen LogP contribution in [0, 0.1) is 0 Å². The maximum atomic E-state index is 12.0. The zero-order chi connectivity index (χ0) is 12.4. The molecule has 2 aromatic rings. The number of ether oxygens (including phenoxy) is 1. The van der Waals surface area contributed by atoms with E-state index in [9.17, 15) is 4.79 Å². The Hall–Kier alpha value is -2.36. The zero-order valence-corrected chi connectivity index (χ0v) is 9.67. The summed E-state index contributed by atoms with van der Waals surface area (Å²) in [5, 5.41) is 2.95. The van der Waals surface area contributed by atoms with Gasteiger partial charge in [0.1, 0.15) is 12.4 Å². The normalized spacial score (nSPS) is 16.8. The van der Waals surface area contributed by atoms with E-state index >= 15 is 0 Å². The second-order valence-corrected chi connectivity index (χ2v) is 4.12. The van der Waals surface area contributed by atoms with Gasteiger partial charge in [-0.25, -0.2) is 0 Å². The maximum Gasteiger partial charge on any atom is 0.253 e. The maximum absolute atomic E-state index is 12.0. The van der Waals surface area contributed by atoms with Gasteiger partial charge in [0, 0.05) is 18.0 Å². The van der Waals surface area contributed by atoms with Crippen LogP contribution in [-0.4, -0.2) is 17.5 Å². The number of benzene rings is 1. The molecule has 90 valence electrons. The van der Waals surface area contributed by atoms with Gasteiger partial charge < -0.3 is 10.1 Å². The Balaban J connectivity index is 1.77. The van der Waals surface area contributed by atoms with E-state index < -0.39 is 0 Å². The minimum Gasteiger partial charge on any atom is -0.491 e. The molecule has 0 saturated carbocycles. The lowest BCUT2D eigenvalue weighted by Crippen LogP contribution is -2.29. The van der Waals surface area contributed by atoms with Crippen LogP contribution >= 0.6 is 0 Å². The molecule has 1 atom stereocenters. The molecular formula is C14H12N2O2. The van der Waals surface area contributed by atoms with Crippen molar-refractivity contribution in [2.24, 2.45) is 0 Å². The average Bonchev–Trinajstić information content (AvgIpc) is 2.83. The number of aromatic nitrogens is 1. The van der Waals surface area contributed by atoms with E-state index in [2.05, 4.69) is 10.3 Å². The highest BCUT2D eigenvalue weighted by Gasteiger charge is 2.25. The standard InChI is InChI=1S/C14H12N2O2/c17-14(10-4-3-7-15-8-10)16-12-9-18-13-6-2-1-5-11(12)13/h1-8,12H,9H2,(H,16,17). The smallest absolute Gasteiger partial charge is 0.253 e. The summed E-state index contributed by atoms with van der Waals surface area (Å²) in [6, 6.07) is 11.1. The number of nitrogens with zero attached hydrogens (tertiary/aromatic N) is 1. The molecule has 3 rings (SSSR count). The van der Waals surface area contributed by atoms with E-state index in [1.165, 1.54) is 0 Å². The van der Waals surface area contributed by atoms with Crippen molar-refractivity contribution in [2.45, 2.75) is 6.04 Å². The molecule has 0 spiro atoms. The minimum absolute atomic E-state index is 0.0890. The van der Waals surface area contributed by atoms with Gasteiger partial charge in [0.2, 0.25) is 0 Å². The first-order valence-corrected chi connectivity index (χ1v) is 5.77. The number of carbonyl (C=O) groups excluding carboxylic acids is 1. The van der Waals surface area contributed by atoms with Crippen LogP contribution in [0.15, 0.2) is 48.8 Å². The number of hydrogen-bond acceptors (Lipinski definition) is 3. The molecule has 0 bridgehead atoms. The number of para-hydroxylation sites is 1. The summed E-state index contributed by atoms with van der Waals surface area (Å²) in [4.78, 5) is 15.9. The van der Waals surface area contributed by atoms with Gasteiger partial charge in [0.05, 0.1) is 11.6 Å². The van der Waals surface area contributed by atoms with Gasteiger partial charge in [-0.2, -0.15) is 0 Å². The Morgan fingerprint density at radius 3 is 3.00 bits per heavy atom. The molecule has 1 aliphatic heterocycles. The lowest BCUT2D eigenvalue weighted by molar-refractivity contribution is 0.0930. The quantitative estimate of drug-likeness (QED) is 0.872. The van der Waals surface area contributed by atoms with Crippen molar-refractivity contribution in [3.63, 3.8) is 0 Å². The molecule has 0 saturated heterocycles.